The van der Waals surface area contributed by atoms with Crippen molar-refractivity contribution in [1.82, 2.24) is 4.57 Å². The number of nitro benzene ring substituents is 1. The largest absolute Gasteiger partial charge is 0.494 e. The fourth-order valence-electron chi connectivity index (χ4n) is 4.28. The molecule has 3 aromatic rings. The summed E-state index contributed by atoms with van der Waals surface area (Å²) >= 11 is 0. The first kappa shape index (κ1) is 17.4. The minimum Gasteiger partial charge on any atom is -0.494 e. The number of nitro groups is 1. The van der Waals surface area contributed by atoms with Gasteiger partial charge in [0.05, 0.1) is 10.6 Å². The molecule has 0 saturated heterocycles. The maximum atomic E-state index is 10.7. The van der Waals surface area contributed by atoms with E-state index in [4.69, 9.17) is 4.74 Å². The molecule has 0 amide bonds. The molecule has 1 aromatic heterocycles. The van der Waals surface area contributed by atoms with E-state index < -0.39 is 4.92 Å². The summed E-state index contributed by atoms with van der Waals surface area (Å²) in [6.07, 6.45) is 5.07. The summed E-state index contributed by atoms with van der Waals surface area (Å²) in [7, 11) is 0. The topological polar surface area (TPSA) is 97.8 Å². The molecule has 2 N–H and O–H groups in total. The van der Waals surface area contributed by atoms with E-state index in [0.29, 0.717) is 11.4 Å². The van der Waals surface area contributed by atoms with Crippen molar-refractivity contribution in [2.45, 2.75) is 24.9 Å². The standard InChI is InChI=1S/C22H18N2O5/c25-21-19-14-6-7-15(10-14)20(19)22(26)23(21)17-2-1-3-18(11-17)29-12-13-4-8-16(9-5-13)24(27)28/h1-9,11,14-15,25-26H,10,12H2. The molecule has 146 valence electrons. The fraction of sp³-hybridized carbons (Fsp3) is 0.182. The Balaban J connectivity index is 1.39. The lowest BCUT2D eigenvalue weighted by atomic mass is 10.0. The number of nitrogens with zero attached hydrogens (tertiary/aromatic N) is 2. The van der Waals surface area contributed by atoms with Crippen LogP contribution in [0.25, 0.3) is 5.69 Å². The highest BCUT2D eigenvalue weighted by molar-refractivity contribution is 5.62. The number of non-ortho nitro benzene ring substituents is 1. The number of hydrogen-bond acceptors (Lipinski definition) is 5. The van der Waals surface area contributed by atoms with Crippen molar-refractivity contribution >= 4 is 5.69 Å². The quantitative estimate of drug-likeness (QED) is 0.379. The van der Waals surface area contributed by atoms with Crippen molar-refractivity contribution < 1.29 is 19.9 Å². The molecule has 0 spiro atoms. The number of aromatic hydroxyl groups is 2. The lowest BCUT2D eigenvalue weighted by Crippen LogP contribution is -1.99. The highest BCUT2D eigenvalue weighted by atomic mass is 16.6. The maximum absolute atomic E-state index is 10.7. The maximum Gasteiger partial charge on any atom is 0.269 e. The first-order valence-corrected chi connectivity index (χ1v) is 9.34. The third-order valence-electron chi connectivity index (χ3n) is 5.65. The summed E-state index contributed by atoms with van der Waals surface area (Å²) in [4.78, 5) is 10.3. The van der Waals surface area contributed by atoms with Gasteiger partial charge in [-0.1, -0.05) is 18.2 Å². The van der Waals surface area contributed by atoms with Crippen molar-refractivity contribution in [3.63, 3.8) is 0 Å². The van der Waals surface area contributed by atoms with E-state index in [1.165, 1.54) is 16.7 Å². The van der Waals surface area contributed by atoms with Gasteiger partial charge >= 0.3 is 0 Å². The first-order chi connectivity index (χ1) is 14.0. The predicted molar refractivity (Wildman–Crippen MR) is 106 cm³/mol. The Bertz CT molecular complexity index is 1110. The van der Waals surface area contributed by atoms with Crippen LogP contribution in [-0.4, -0.2) is 19.7 Å². The minimum atomic E-state index is -0.441. The zero-order valence-corrected chi connectivity index (χ0v) is 15.4. The van der Waals surface area contributed by atoms with E-state index in [1.54, 1.807) is 36.4 Å². The van der Waals surface area contributed by atoms with Crippen molar-refractivity contribution in [3.05, 3.63) is 87.5 Å². The average molecular weight is 390 g/mol. The summed E-state index contributed by atoms with van der Waals surface area (Å²) in [5.41, 5.74) is 3.06. The monoisotopic (exact) mass is 390 g/mol. The smallest absolute Gasteiger partial charge is 0.269 e. The van der Waals surface area contributed by atoms with Crippen LogP contribution in [0.4, 0.5) is 5.69 Å². The Morgan fingerprint density at radius 3 is 2.31 bits per heavy atom. The molecule has 2 aromatic carbocycles. The highest BCUT2D eigenvalue weighted by Gasteiger charge is 2.41. The third-order valence-corrected chi connectivity index (χ3v) is 5.65. The molecule has 2 aliphatic carbocycles. The Morgan fingerprint density at radius 2 is 1.69 bits per heavy atom. The molecule has 2 aliphatic rings. The van der Waals surface area contributed by atoms with Gasteiger partial charge in [0.25, 0.3) is 5.69 Å². The number of allylic oxidation sites excluding steroid dienone is 2. The van der Waals surface area contributed by atoms with E-state index >= 15 is 0 Å². The normalized spacial score (nSPS) is 18.8. The fourth-order valence-corrected chi connectivity index (χ4v) is 4.28. The van der Waals surface area contributed by atoms with Gasteiger partial charge in [0, 0.05) is 41.2 Å². The molecule has 1 heterocycles. The van der Waals surface area contributed by atoms with E-state index in [-0.39, 0.29) is 35.9 Å². The highest BCUT2D eigenvalue weighted by Crippen LogP contribution is 2.57. The third kappa shape index (κ3) is 2.74. The Kier molecular flexibility index (Phi) is 3.84. The first-order valence-electron chi connectivity index (χ1n) is 9.34. The van der Waals surface area contributed by atoms with Gasteiger partial charge < -0.3 is 14.9 Å². The summed E-state index contributed by atoms with van der Waals surface area (Å²) < 4.78 is 7.26. The molecular weight excluding hydrogens is 372 g/mol. The molecule has 0 aliphatic heterocycles. The van der Waals surface area contributed by atoms with Crippen LogP contribution in [0.5, 0.6) is 17.5 Å². The molecular formula is C22H18N2O5. The number of rotatable bonds is 5. The Morgan fingerprint density at radius 1 is 1.03 bits per heavy atom. The van der Waals surface area contributed by atoms with Gasteiger partial charge in [0.15, 0.2) is 0 Å². The zero-order chi connectivity index (χ0) is 20.1. The Hall–Kier alpha value is -3.74. The van der Waals surface area contributed by atoms with Gasteiger partial charge in [0.2, 0.25) is 11.8 Å². The minimum absolute atomic E-state index is 0.0332. The van der Waals surface area contributed by atoms with Crippen LogP contribution in [0.1, 0.15) is 34.9 Å². The summed E-state index contributed by atoms with van der Waals surface area (Å²) in [5, 5.41) is 32.2. The molecule has 2 atom stereocenters. The van der Waals surface area contributed by atoms with Gasteiger partial charge in [0.1, 0.15) is 12.4 Å². The lowest BCUT2D eigenvalue weighted by molar-refractivity contribution is -0.384. The number of aromatic nitrogens is 1. The van der Waals surface area contributed by atoms with E-state index in [2.05, 4.69) is 12.2 Å². The molecule has 29 heavy (non-hydrogen) atoms. The molecule has 7 heteroatoms. The van der Waals surface area contributed by atoms with Crippen LogP contribution in [0.3, 0.4) is 0 Å². The van der Waals surface area contributed by atoms with E-state index in [9.17, 15) is 20.3 Å². The van der Waals surface area contributed by atoms with Crippen LogP contribution >= 0.6 is 0 Å². The van der Waals surface area contributed by atoms with Gasteiger partial charge in [-0.15, -0.1) is 0 Å². The van der Waals surface area contributed by atoms with Crippen LogP contribution in [0, 0.1) is 10.1 Å². The second-order valence-corrected chi connectivity index (χ2v) is 7.35. The zero-order valence-electron chi connectivity index (χ0n) is 15.4. The van der Waals surface area contributed by atoms with E-state index in [1.807, 2.05) is 0 Å². The van der Waals surface area contributed by atoms with Crippen molar-refractivity contribution in [2.24, 2.45) is 0 Å². The molecule has 2 bridgehead atoms. The van der Waals surface area contributed by atoms with Crippen LogP contribution in [0.15, 0.2) is 60.7 Å². The predicted octanol–water partition coefficient (Wildman–Crippen LogP) is 4.52. The van der Waals surface area contributed by atoms with Gasteiger partial charge in [-0.2, -0.15) is 0 Å². The SMILES string of the molecule is O=[N+]([O-])c1ccc(COc2cccc(-n3c(O)c4c(c3O)C3C=CC4C3)c2)cc1. The summed E-state index contributed by atoms with van der Waals surface area (Å²) in [6, 6.07) is 13.3. The number of fused-ring (bicyclic) bond motifs is 5. The molecule has 0 radical (unpaired) electrons. The van der Waals surface area contributed by atoms with Gasteiger partial charge in [-0.25, -0.2) is 0 Å². The average Bonchev–Trinajstić information content (AvgIpc) is 3.41. The van der Waals surface area contributed by atoms with Crippen molar-refractivity contribution in [3.8, 4) is 23.2 Å². The molecule has 7 nitrogen and oxygen atoms in total. The second kappa shape index (κ2) is 6.41. The van der Waals surface area contributed by atoms with Crippen LogP contribution in [-0.2, 0) is 6.61 Å². The summed E-state index contributed by atoms with van der Waals surface area (Å²) in [5.74, 6) is 1.02. The lowest BCUT2D eigenvalue weighted by Gasteiger charge is -2.12. The number of hydrogen-bond donors (Lipinski definition) is 2. The number of benzene rings is 2. The van der Waals surface area contributed by atoms with Gasteiger partial charge in [-0.3, -0.25) is 14.7 Å². The van der Waals surface area contributed by atoms with Crippen molar-refractivity contribution in [2.75, 3.05) is 0 Å². The Labute approximate surface area is 166 Å². The molecule has 0 saturated carbocycles. The number of ether oxygens (including phenoxy) is 1. The van der Waals surface area contributed by atoms with Crippen LogP contribution in [0.2, 0.25) is 0 Å². The molecule has 5 rings (SSSR count). The second-order valence-electron chi connectivity index (χ2n) is 7.35. The van der Waals surface area contributed by atoms with Gasteiger partial charge in [-0.05, 0) is 36.2 Å². The summed E-state index contributed by atoms with van der Waals surface area (Å²) in [6.45, 7) is 0.246. The molecule has 0 fully saturated rings. The molecule has 2 unspecified atom stereocenters. The van der Waals surface area contributed by atoms with Crippen LogP contribution < -0.4 is 4.74 Å². The van der Waals surface area contributed by atoms with Crippen molar-refractivity contribution in [1.29, 1.82) is 0 Å². The van der Waals surface area contributed by atoms with E-state index in [0.717, 1.165) is 23.1 Å².